The second kappa shape index (κ2) is 7.81. The average Bonchev–Trinajstić information content (AvgIpc) is 3.30. The summed E-state index contributed by atoms with van der Waals surface area (Å²) in [7, 11) is 0. The lowest BCUT2D eigenvalue weighted by Gasteiger charge is -2.15. The zero-order valence-electron chi connectivity index (χ0n) is 16.2. The number of H-pyrrole nitrogens is 1. The number of benzene rings is 4. The van der Waals surface area contributed by atoms with Gasteiger partial charge in [-0.2, -0.15) is 10.4 Å². The van der Waals surface area contributed by atoms with Crippen LogP contribution in [0.1, 0.15) is 12.0 Å². The van der Waals surface area contributed by atoms with Crippen molar-refractivity contribution >= 4 is 48.2 Å². The molecule has 0 bridgehead atoms. The topological polar surface area (TPSA) is 61.7 Å². The minimum absolute atomic E-state index is 0.570. The monoisotopic (exact) mass is 455 g/mol. The van der Waals surface area contributed by atoms with E-state index in [0.717, 1.165) is 44.6 Å². The van der Waals surface area contributed by atoms with Gasteiger partial charge in [0.2, 0.25) is 0 Å². The van der Waals surface area contributed by atoms with Gasteiger partial charge in [-0.1, -0.05) is 40.2 Å². The van der Waals surface area contributed by atoms with Gasteiger partial charge in [-0.25, -0.2) is 0 Å². The highest BCUT2D eigenvalue weighted by atomic mass is 79.9. The lowest BCUT2D eigenvalue weighted by atomic mass is 9.93. The Morgan fingerprint density at radius 3 is 2.33 bits per heavy atom. The maximum absolute atomic E-state index is 10.1. The third-order valence-electron chi connectivity index (χ3n) is 5.34. The molecule has 0 aliphatic heterocycles. The predicted octanol–water partition coefficient (Wildman–Crippen LogP) is 6.57. The third-order valence-corrected chi connectivity index (χ3v) is 5.90. The molecule has 0 fully saturated rings. The van der Waals surface area contributed by atoms with Crippen LogP contribution in [-0.2, 0) is 0 Å². The van der Waals surface area contributed by atoms with Crippen molar-refractivity contribution in [2.24, 2.45) is 0 Å². The lowest BCUT2D eigenvalue weighted by molar-refractivity contribution is 0.320. The summed E-state index contributed by atoms with van der Waals surface area (Å²) in [6.45, 7) is 0.570. The van der Waals surface area contributed by atoms with Crippen LogP contribution < -0.4 is 4.74 Å². The summed E-state index contributed by atoms with van der Waals surface area (Å²) in [5, 5.41) is 24.6. The molecule has 0 saturated carbocycles. The van der Waals surface area contributed by atoms with Crippen LogP contribution in [0.2, 0.25) is 0 Å². The van der Waals surface area contributed by atoms with E-state index in [-0.39, 0.29) is 0 Å². The molecule has 5 heteroatoms. The number of fused-ring (bicyclic) bond motifs is 3. The van der Waals surface area contributed by atoms with Crippen molar-refractivity contribution in [3.63, 3.8) is 0 Å². The summed E-state index contributed by atoms with van der Waals surface area (Å²) >= 11 is 3.45. The smallest absolute Gasteiger partial charge is 0.130 e. The van der Waals surface area contributed by atoms with E-state index in [0.29, 0.717) is 17.9 Å². The first-order valence-corrected chi connectivity index (χ1v) is 10.9. The summed E-state index contributed by atoms with van der Waals surface area (Å²) in [6, 6.07) is 23.3. The second-order valence-electron chi connectivity index (χ2n) is 7.22. The Morgan fingerprint density at radius 2 is 1.67 bits per heavy atom. The van der Waals surface area contributed by atoms with Crippen LogP contribution in [0.4, 0.5) is 0 Å². The first-order valence-electron chi connectivity index (χ1n) is 9.80. The van der Waals surface area contributed by atoms with E-state index in [4.69, 9.17) is 4.74 Å². The van der Waals surface area contributed by atoms with Crippen molar-refractivity contribution in [1.82, 2.24) is 10.2 Å². The molecule has 30 heavy (non-hydrogen) atoms. The van der Waals surface area contributed by atoms with Crippen LogP contribution in [-0.4, -0.2) is 22.1 Å². The molecule has 0 radical (unpaired) electrons. The van der Waals surface area contributed by atoms with Gasteiger partial charge in [0, 0.05) is 16.9 Å². The Hall–Kier alpha value is -3.36. The van der Waals surface area contributed by atoms with E-state index < -0.39 is 0 Å². The average molecular weight is 456 g/mol. The van der Waals surface area contributed by atoms with Crippen molar-refractivity contribution in [3.05, 3.63) is 72.4 Å². The zero-order valence-corrected chi connectivity index (χ0v) is 17.7. The summed E-state index contributed by atoms with van der Waals surface area (Å²) < 4.78 is 6.11. The zero-order chi connectivity index (χ0) is 20.5. The predicted molar refractivity (Wildman–Crippen MR) is 125 cm³/mol. The number of nitrogens with zero attached hydrogens (tertiary/aromatic N) is 2. The van der Waals surface area contributed by atoms with Crippen LogP contribution in [0, 0.1) is 11.3 Å². The molecular formula is C25H18BrN3O. The van der Waals surface area contributed by atoms with Gasteiger partial charge in [0.15, 0.2) is 0 Å². The molecule has 4 aromatic carbocycles. The number of rotatable bonds is 5. The Balaban J connectivity index is 1.81. The molecule has 4 nitrogen and oxygen atoms in total. The highest BCUT2D eigenvalue weighted by Gasteiger charge is 2.18. The fourth-order valence-corrected chi connectivity index (χ4v) is 4.17. The van der Waals surface area contributed by atoms with Crippen LogP contribution in [0.3, 0.4) is 0 Å². The molecule has 0 spiro atoms. The Morgan fingerprint density at radius 1 is 0.933 bits per heavy atom. The normalized spacial score (nSPS) is 11.2. The van der Waals surface area contributed by atoms with Crippen LogP contribution >= 0.6 is 15.9 Å². The minimum atomic E-state index is 0.570. The van der Waals surface area contributed by atoms with Crippen LogP contribution in [0.25, 0.3) is 43.6 Å². The van der Waals surface area contributed by atoms with Gasteiger partial charge in [-0.3, -0.25) is 5.10 Å². The molecule has 0 aliphatic rings. The van der Waals surface area contributed by atoms with E-state index in [1.54, 1.807) is 6.20 Å². The van der Waals surface area contributed by atoms with E-state index in [9.17, 15) is 5.26 Å². The molecule has 1 heterocycles. The largest absolute Gasteiger partial charge is 0.493 e. The Labute approximate surface area is 182 Å². The summed E-state index contributed by atoms with van der Waals surface area (Å²) in [5.41, 5.74) is 2.14. The van der Waals surface area contributed by atoms with Gasteiger partial charge >= 0.3 is 0 Å². The Kier molecular flexibility index (Phi) is 4.86. The molecule has 0 amide bonds. The van der Waals surface area contributed by atoms with Gasteiger partial charge in [0.1, 0.15) is 11.8 Å². The molecule has 5 rings (SSSR count). The fourth-order valence-electron chi connectivity index (χ4n) is 3.95. The second-order valence-corrected chi connectivity index (χ2v) is 8.01. The number of hydrogen-bond acceptors (Lipinski definition) is 3. The Bertz CT molecular complexity index is 1420. The number of nitriles is 1. The first kappa shape index (κ1) is 18.7. The molecule has 1 N–H and O–H groups in total. The number of nitrogens with one attached hydrogen (secondary N) is 1. The summed E-state index contributed by atoms with van der Waals surface area (Å²) in [5.74, 6) is 0.699. The van der Waals surface area contributed by atoms with Gasteiger partial charge in [-0.15, -0.1) is 0 Å². The first-order chi connectivity index (χ1) is 14.8. The maximum Gasteiger partial charge on any atom is 0.130 e. The maximum atomic E-state index is 10.1. The van der Waals surface area contributed by atoms with E-state index in [1.165, 1.54) is 10.8 Å². The SMILES string of the molecule is N#Cc1c(-c2ccn[nH]2)c(OCCCBr)cc2cc3cc4ccccc4cc3cc12. The standard InChI is InChI=1S/C25H18BrN3O/c26-7-3-9-30-24-14-20-12-18-10-16-4-1-2-5-17(16)11-19(18)13-21(20)22(15-27)25(24)23-6-8-28-29-23/h1-2,4-6,8,10-14H,3,7,9H2,(H,28,29). The van der Waals surface area contributed by atoms with Crippen molar-refractivity contribution in [2.45, 2.75) is 6.42 Å². The number of hydrogen-bond donors (Lipinski definition) is 1. The van der Waals surface area contributed by atoms with Crippen LogP contribution in [0.5, 0.6) is 5.75 Å². The van der Waals surface area contributed by atoms with Gasteiger partial charge in [0.05, 0.1) is 23.4 Å². The van der Waals surface area contributed by atoms with Crippen molar-refractivity contribution < 1.29 is 4.74 Å². The van der Waals surface area contributed by atoms with E-state index in [2.05, 4.69) is 74.7 Å². The van der Waals surface area contributed by atoms with E-state index >= 15 is 0 Å². The minimum Gasteiger partial charge on any atom is -0.493 e. The third kappa shape index (κ3) is 3.20. The van der Waals surface area contributed by atoms with Gasteiger partial charge in [-0.05, 0) is 69.8 Å². The van der Waals surface area contributed by atoms with Crippen molar-refractivity contribution in [1.29, 1.82) is 5.26 Å². The molecule has 0 unspecified atom stereocenters. The van der Waals surface area contributed by atoms with Crippen LogP contribution in [0.15, 0.2) is 66.9 Å². The molecular weight excluding hydrogens is 438 g/mol. The van der Waals surface area contributed by atoms with Gasteiger partial charge in [0.25, 0.3) is 0 Å². The van der Waals surface area contributed by atoms with Crippen molar-refractivity contribution in [3.8, 4) is 23.1 Å². The number of ether oxygens (including phenoxy) is 1. The highest BCUT2D eigenvalue weighted by Crippen LogP contribution is 2.39. The molecule has 5 aromatic rings. The summed E-state index contributed by atoms with van der Waals surface area (Å²) in [6.07, 6.45) is 2.57. The number of aromatic amines is 1. The van der Waals surface area contributed by atoms with Gasteiger partial charge < -0.3 is 4.74 Å². The lowest BCUT2D eigenvalue weighted by Crippen LogP contribution is -2.01. The number of halogens is 1. The van der Waals surface area contributed by atoms with E-state index in [1.807, 2.05) is 18.2 Å². The molecule has 0 saturated heterocycles. The summed E-state index contributed by atoms with van der Waals surface area (Å²) in [4.78, 5) is 0. The van der Waals surface area contributed by atoms with Crippen molar-refractivity contribution in [2.75, 3.05) is 11.9 Å². The number of alkyl halides is 1. The molecule has 0 aliphatic carbocycles. The highest BCUT2D eigenvalue weighted by molar-refractivity contribution is 9.09. The quantitative estimate of drug-likeness (QED) is 0.185. The number of aromatic nitrogens is 2. The molecule has 1 aromatic heterocycles. The molecule has 146 valence electrons. The molecule has 0 atom stereocenters. The fraction of sp³-hybridized carbons (Fsp3) is 0.120.